The highest BCUT2D eigenvalue weighted by Gasteiger charge is 2.22. The molecule has 0 saturated heterocycles. The second kappa shape index (κ2) is 5.58. The van der Waals surface area contributed by atoms with Gasteiger partial charge in [0.25, 0.3) is 0 Å². The molecule has 1 atom stereocenters. The van der Waals surface area contributed by atoms with E-state index >= 15 is 0 Å². The number of fused-ring (bicyclic) bond motifs is 1. The van der Waals surface area contributed by atoms with Crippen molar-refractivity contribution in [1.82, 2.24) is 14.9 Å². The summed E-state index contributed by atoms with van der Waals surface area (Å²) in [6.07, 6.45) is 5.67. The van der Waals surface area contributed by atoms with Gasteiger partial charge in [0.2, 0.25) is 0 Å². The van der Waals surface area contributed by atoms with Gasteiger partial charge in [-0.25, -0.2) is 4.98 Å². The minimum absolute atomic E-state index is 0.178. The zero-order valence-corrected chi connectivity index (χ0v) is 13.3. The number of rotatable bonds is 4. The molecular weight excluding hydrogens is 318 g/mol. The van der Waals surface area contributed by atoms with Crippen molar-refractivity contribution in [2.24, 2.45) is 7.05 Å². The summed E-state index contributed by atoms with van der Waals surface area (Å²) in [7, 11) is 3.99. The Labute approximate surface area is 127 Å². The summed E-state index contributed by atoms with van der Waals surface area (Å²) in [4.78, 5) is 4.45. The van der Waals surface area contributed by atoms with Crippen molar-refractivity contribution in [2.75, 3.05) is 13.7 Å². The van der Waals surface area contributed by atoms with E-state index in [9.17, 15) is 0 Å². The van der Waals surface area contributed by atoms with E-state index in [1.807, 2.05) is 26.5 Å². The van der Waals surface area contributed by atoms with Crippen LogP contribution in [0.1, 0.15) is 23.0 Å². The Morgan fingerprint density at radius 1 is 1.50 bits per heavy atom. The minimum atomic E-state index is 0.178. The molecule has 2 heterocycles. The quantitative estimate of drug-likeness (QED) is 0.933. The van der Waals surface area contributed by atoms with Gasteiger partial charge in [0.15, 0.2) is 0 Å². The summed E-state index contributed by atoms with van der Waals surface area (Å²) in [6.45, 7) is 0.783. The molecule has 1 aliphatic rings. The first-order valence-corrected chi connectivity index (χ1v) is 7.57. The predicted molar refractivity (Wildman–Crippen MR) is 82.1 cm³/mol. The van der Waals surface area contributed by atoms with Gasteiger partial charge in [0.05, 0.1) is 12.6 Å². The number of nitrogens with one attached hydrogen (secondary N) is 1. The first kappa shape index (κ1) is 13.6. The van der Waals surface area contributed by atoms with Crippen LogP contribution in [0.3, 0.4) is 0 Å². The average Bonchev–Trinajstić information content (AvgIpc) is 3.04. The van der Waals surface area contributed by atoms with E-state index in [-0.39, 0.29) is 6.04 Å². The molecule has 3 rings (SSSR count). The fourth-order valence-corrected chi connectivity index (χ4v) is 3.31. The Hall–Kier alpha value is -1.33. The van der Waals surface area contributed by atoms with Gasteiger partial charge in [-0.05, 0) is 36.7 Å². The minimum Gasteiger partial charge on any atom is -0.493 e. The fourth-order valence-electron chi connectivity index (χ4n) is 2.75. The van der Waals surface area contributed by atoms with Crippen molar-refractivity contribution >= 4 is 15.9 Å². The van der Waals surface area contributed by atoms with Gasteiger partial charge in [0.1, 0.15) is 11.6 Å². The number of likely N-dealkylation sites (N-methyl/N-ethyl adjacent to an activating group) is 1. The molecule has 0 bridgehead atoms. The molecule has 20 heavy (non-hydrogen) atoms. The lowest BCUT2D eigenvalue weighted by molar-refractivity contribution is 0.351. The van der Waals surface area contributed by atoms with Crippen molar-refractivity contribution in [2.45, 2.75) is 18.9 Å². The number of ether oxygens (including phenoxy) is 1. The monoisotopic (exact) mass is 335 g/mol. The first-order chi connectivity index (χ1) is 9.69. The SMILES string of the molecule is CNC(Cc1cc(Br)cc2c1OCC2)c1nccn1C. The normalized spacial score (nSPS) is 14.9. The lowest BCUT2D eigenvalue weighted by Crippen LogP contribution is -2.22. The maximum Gasteiger partial charge on any atom is 0.125 e. The van der Waals surface area contributed by atoms with Crippen LogP contribution in [0.5, 0.6) is 5.75 Å². The molecule has 0 amide bonds. The largest absolute Gasteiger partial charge is 0.493 e. The van der Waals surface area contributed by atoms with Crippen LogP contribution in [0.15, 0.2) is 29.0 Å². The van der Waals surface area contributed by atoms with Crippen molar-refractivity contribution in [3.63, 3.8) is 0 Å². The summed E-state index contributed by atoms with van der Waals surface area (Å²) in [5.41, 5.74) is 2.53. The number of benzene rings is 1. The number of nitrogens with zero attached hydrogens (tertiary/aromatic N) is 2. The lowest BCUT2D eigenvalue weighted by Gasteiger charge is -2.18. The zero-order valence-electron chi connectivity index (χ0n) is 11.7. The second-order valence-electron chi connectivity index (χ2n) is 5.09. The summed E-state index contributed by atoms with van der Waals surface area (Å²) >= 11 is 3.59. The number of hydrogen-bond acceptors (Lipinski definition) is 3. The van der Waals surface area contributed by atoms with Crippen LogP contribution in [-0.2, 0) is 19.9 Å². The van der Waals surface area contributed by atoms with Crippen LogP contribution in [-0.4, -0.2) is 23.2 Å². The molecule has 0 spiro atoms. The second-order valence-corrected chi connectivity index (χ2v) is 6.01. The standard InChI is InChI=1S/C15H18BrN3O/c1-17-13(15-18-4-5-19(15)2)9-11-8-12(16)7-10-3-6-20-14(10)11/h4-5,7-8,13,17H,3,6,9H2,1-2H3. The Kier molecular flexibility index (Phi) is 3.81. The van der Waals surface area contributed by atoms with Gasteiger partial charge in [0, 0.05) is 30.3 Å². The van der Waals surface area contributed by atoms with E-state index in [1.165, 1.54) is 11.1 Å². The smallest absolute Gasteiger partial charge is 0.125 e. The molecular formula is C15H18BrN3O. The summed E-state index contributed by atoms with van der Waals surface area (Å²) in [5.74, 6) is 2.10. The molecule has 1 aromatic carbocycles. The lowest BCUT2D eigenvalue weighted by atomic mass is 10.0. The van der Waals surface area contributed by atoms with Gasteiger partial charge in [-0.1, -0.05) is 15.9 Å². The van der Waals surface area contributed by atoms with Crippen LogP contribution in [0.2, 0.25) is 0 Å². The molecule has 0 aliphatic carbocycles. The van der Waals surface area contributed by atoms with Crippen LogP contribution in [0, 0.1) is 0 Å². The molecule has 5 heteroatoms. The molecule has 1 unspecified atom stereocenters. The molecule has 106 valence electrons. The number of imidazole rings is 1. The Balaban J connectivity index is 1.92. The Morgan fingerprint density at radius 2 is 2.35 bits per heavy atom. The third-order valence-corrected chi connectivity index (χ3v) is 4.23. The van der Waals surface area contributed by atoms with Gasteiger partial charge in [-0.2, -0.15) is 0 Å². The van der Waals surface area contributed by atoms with Gasteiger partial charge in [-0.3, -0.25) is 0 Å². The molecule has 0 radical (unpaired) electrons. The van der Waals surface area contributed by atoms with Crippen molar-refractivity contribution < 1.29 is 4.74 Å². The van der Waals surface area contributed by atoms with Crippen LogP contribution >= 0.6 is 15.9 Å². The van der Waals surface area contributed by atoms with Crippen molar-refractivity contribution in [3.8, 4) is 5.75 Å². The molecule has 4 nitrogen and oxygen atoms in total. The van der Waals surface area contributed by atoms with E-state index < -0.39 is 0 Å². The van der Waals surface area contributed by atoms with Gasteiger partial charge >= 0.3 is 0 Å². The van der Waals surface area contributed by atoms with E-state index in [4.69, 9.17) is 4.74 Å². The van der Waals surface area contributed by atoms with E-state index in [0.717, 1.165) is 35.5 Å². The topological polar surface area (TPSA) is 39.1 Å². The first-order valence-electron chi connectivity index (χ1n) is 6.77. The van der Waals surface area contributed by atoms with Crippen LogP contribution < -0.4 is 10.1 Å². The van der Waals surface area contributed by atoms with Crippen LogP contribution in [0.25, 0.3) is 0 Å². The molecule has 1 N–H and O–H groups in total. The summed E-state index contributed by atoms with van der Waals surface area (Å²) < 4.78 is 8.97. The number of halogens is 1. The number of aryl methyl sites for hydroxylation is 1. The number of hydrogen-bond donors (Lipinski definition) is 1. The zero-order chi connectivity index (χ0) is 14.1. The maximum absolute atomic E-state index is 5.80. The molecule has 1 aliphatic heterocycles. The summed E-state index contributed by atoms with van der Waals surface area (Å²) in [6, 6.07) is 4.48. The molecule has 1 aromatic heterocycles. The van der Waals surface area contributed by atoms with Gasteiger partial charge < -0.3 is 14.6 Å². The maximum atomic E-state index is 5.80. The molecule has 0 saturated carbocycles. The molecule has 0 fully saturated rings. The molecule has 2 aromatic rings. The highest BCUT2D eigenvalue weighted by molar-refractivity contribution is 9.10. The highest BCUT2D eigenvalue weighted by Crippen LogP contribution is 2.35. The number of aromatic nitrogens is 2. The van der Waals surface area contributed by atoms with Crippen molar-refractivity contribution in [3.05, 3.63) is 46.0 Å². The van der Waals surface area contributed by atoms with E-state index in [2.05, 4.69) is 42.9 Å². The Bertz CT molecular complexity index is 624. The third kappa shape index (κ3) is 2.47. The predicted octanol–water partition coefficient (Wildman–Crippen LogP) is 2.62. The van der Waals surface area contributed by atoms with Crippen molar-refractivity contribution in [1.29, 1.82) is 0 Å². The van der Waals surface area contributed by atoms with Crippen LogP contribution in [0.4, 0.5) is 0 Å². The summed E-state index contributed by atoms with van der Waals surface area (Å²) in [5, 5.41) is 3.35. The average molecular weight is 336 g/mol. The van der Waals surface area contributed by atoms with E-state index in [1.54, 1.807) is 0 Å². The fraction of sp³-hybridized carbons (Fsp3) is 0.400. The Morgan fingerprint density at radius 3 is 3.05 bits per heavy atom. The third-order valence-electron chi connectivity index (χ3n) is 3.77. The highest BCUT2D eigenvalue weighted by atomic mass is 79.9. The van der Waals surface area contributed by atoms with E-state index in [0.29, 0.717) is 0 Å². The van der Waals surface area contributed by atoms with Gasteiger partial charge in [-0.15, -0.1) is 0 Å².